The minimum Gasteiger partial charge on any atom is -0.351 e. The molecule has 3 N–H and O–H groups in total. The fourth-order valence-electron chi connectivity index (χ4n) is 4.53. The number of hydrogen-bond donors (Lipinski definition) is 2. The van der Waals surface area contributed by atoms with Gasteiger partial charge in [0.1, 0.15) is 11.3 Å². The van der Waals surface area contributed by atoms with E-state index in [2.05, 4.69) is 10.2 Å². The van der Waals surface area contributed by atoms with Crippen LogP contribution in [0.3, 0.4) is 0 Å². The number of carbonyl (C=O) groups excluding carboxylic acids is 3. The number of urea groups is 1. The standard InChI is InChI=1S/C21H26N4O3S/c22-21(28)23-19-18(16-5-1-2-6-17(16)29-19)20(27)24-10-7-15(8-11-24)25-9-3-4-14(12-25)13-26/h1-2,5-6,13-15H,3-4,7-12H2,(H3,22,23,28). The molecule has 3 amide bonds. The van der Waals surface area contributed by atoms with E-state index < -0.39 is 6.03 Å². The van der Waals surface area contributed by atoms with Gasteiger partial charge in [-0.3, -0.25) is 15.0 Å². The second-order valence-corrected chi connectivity index (χ2v) is 8.90. The van der Waals surface area contributed by atoms with Crippen LogP contribution in [0.5, 0.6) is 0 Å². The van der Waals surface area contributed by atoms with Gasteiger partial charge in [-0.05, 0) is 38.3 Å². The SMILES string of the molecule is NC(=O)Nc1sc2ccccc2c1C(=O)N1CCC(N2CCCC(C=O)C2)CC1. The second-order valence-electron chi connectivity index (χ2n) is 7.85. The molecular formula is C21H26N4O3S. The summed E-state index contributed by atoms with van der Waals surface area (Å²) in [6.07, 6.45) is 4.93. The first-order valence-electron chi connectivity index (χ1n) is 10.1. The van der Waals surface area contributed by atoms with Crippen molar-refractivity contribution in [1.29, 1.82) is 0 Å². The molecule has 0 aliphatic carbocycles. The van der Waals surface area contributed by atoms with Crippen LogP contribution in [-0.4, -0.2) is 60.2 Å². The van der Waals surface area contributed by atoms with Crippen LogP contribution in [0.4, 0.5) is 9.80 Å². The second kappa shape index (κ2) is 8.51. The lowest BCUT2D eigenvalue weighted by Gasteiger charge is -2.41. The lowest BCUT2D eigenvalue weighted by Crippen LogP contribution is -2.49. The number of nitrogens with two attached hydrogens (primary N) is 1. The van der Waals surface area contributed by atoms with E-state index in [0.717, 1.165) is 55.1 Å². The summed E-state index contributed by atoms with van der Waals surface area (Å²) in [6.45, 7) is 3.21. The molecule has 4 rings (SSSR count). The van der Waals surface area contributed by atoms with Crippen molar-refractivity contribution < 1.29 is 14.4 Å². The highest BCUT2D eigenvalue weighted by Crippen LogP contribution is 2.37. The number of amides is 3. The number of nitrogens with zero attached hydrogens (tertiary/aromatic N) is 2. The van der Waals surface area contributed by atoms with Gasteiger partial charge in [-0.2, -0.15) is 0 Å². The summed E-state index contributed by atoms with van der Waals surface area (Å²) < 4.78 is 0.947. The van der Waals surface area contributed by atoms with Crippen molar-refractivity contribution in [2.75, 3.05) is 31.5 Å². The zero-order valence-electron chi connectivity index (χ0n) is 16.3. The molecule has 1 aromatic heterocycles. The van der Waals surface area contributed by atoms with Gasteiger partial charge in [-0.15, -0.1) is 11.3 Å². The predicted molar refractivity (Wildman–Crippen MR) is 114 cm³/mol. The van der Waals surface area contributed by atoms with E-state index in [1.165, 1.54) is 11.3 Å². The van der Waals surface area contributed by atoms with E-state index in [1.54, 1.807) is 0 Å². The number of likely N-dealkylation sites (tertiary alicyclic amines) is 2. The molecule has 2 aromatic rings. The topological polar surface area (TPSA) is 95.7 Å². The molecule has 0 radical (unpaired) electrons. The quantitative estimate of drug-likeness (QED) is 0.752. The van der Waals surface area contributed by atoms with Gasteiger partial charge in [0.05, 0.1) is 5.56 Å². The Morgan fingerprint density at radius 2 is 1.90 bits per heavy atom. The average molecular weight is 415 g/mol. The highest BCUT2D eigenvalue weighted by Gasteiger charge is 2.32. The molecule has 2 aliphatic heterocycles. The molecule has 0 bridgehead atoms. The summed E-state index contributed by atoms with van der Waals surface area (Å²) in [5.41, 5.74) is 5.85. The van der Waals surface area contributed by atoms with Crippen LogP contribution in [0, 0.1) is 5.92 Å². The van der Waals surface area contributed by atoms with Crippen molar-refractivity contribution in [2.45, 2.75) is 31.7 Å². The third-order valence-electron chi connectivity index (χ3n) is 6.00. The number of aldehydes is 1. The molecule has 7 nitrogen and oxygen atoms in total. The van der Waals surface area contributed by atoms with Gasteiger partial charge in [0.2, 0.25) is 0 Å². The minimum atomic E-state index is -0.667. The molecular weight excluding hydrogens is 388 g/mol. The number of piperidine rings is 2. The predicted octanol–water partition coefficient (Wildman–Crippen LogP) is 2.91. The third-order valence-corrected chi connectivity index (χ3v) is 7.08. The van der Waals surface area contributed by atoms with Gasteiger partial charge in [-0.1, -0.05) is 18.2 Å². The maximum absolute atomic E-state index is 13.3. The smallest absolute Gasteiger partial charge is 0.317 e. The van der Waals surface area contributed by atoms with E-state index in [9.17, 15) is 14.4 Å². The average Bonchev–Trinajstić information content (AvgIpc) is 3.10. The number of carbonyl (C=O) groups is 3. The molecule has 2 saturated heterocycles. The number of primary amides is 1. The van der Waals surface area contributed by atoms with Crippen molar-refractivity contribution in [3.05, 3.63) is 29.8 Å². The van der Waals surface area contributed by atoms with Gasteiger partial charge in [-0.25, -0.2) is 4.79 Å². The highest BCUT2D eigenvalue weighted by molar-refractivity contribution is 7.23. The van der Waals surface area contributed by atoms with Crippen LogP contribution < -0.4 is 11.1 Å². The first-order valence-corrected chi connectivity index (χ1v) is 10.9. The fraction of sp³-hybridized carbons (Fsp3) is 0.476. The Morgan fingerprint density at radius 1 is 1.14 bits per heavy atom. The molecule has 1 unspecified atom stereocenters. The van der Waals surface area contributed by atoms with E-state index in [0.29, 0.717) is 29.7 Å². The zero-order valence-corrected chi connectivity index (χ0v) is 17.1. The maximum Gasteiger partial charge on any atom is 0.317 e. The van der Waals surface area contributed by atoms with Gasteiger partial charge in [0.15, 0.2) is 0 Å². The number of rotatable bonds is 4. The summed E-state index contributed by atoms with van der Waals surface area (Å²) in [4.78, 5) is 40.2. The normalized spacial score (nSPS) is 21.2. The number of hydrogen-bond acceptors (Lipinski definition) is 5. The fourth-order valence-corrected chi connectivity index (χ4v) is 5.63. The van der Waals surface area contributed by atoms with Gasteiger partial charge in [0, 0.05) is 41.7 Å². The Hall–Kier alpha value is -2.45. The van der Waals surface area contributed by atoms with Crippen molar-refractivity contribution in [1.82, 2.24) is 9.80 Å². The molecule has 1 atom stereocenters. The number of anilines is 1. The van der Waals surface area contributed by atoms with Gasteiger partial charge >= 0.3 is 6.03 Å². The highest BCUT2D eigenvalue weighted by atomic mass is 32.1. The Kier molecular flexibility index (Phi) is 5.82. The number of nitrogens with one attached hydrogen (secondary N) is 1. The van der Waals surface area contributed by atoms with Crippen LogP contribution in [-0.2, 0) is 4.79 Å². The number of thiophene rings is 1. The van der Waals surface area contributed by atoms with Gasteiger partial charge < -0.3 is 15.4 Å². The van der Waals surface area contributed by atoms with Crippen molar-refractivity contribution in [2.24, 2.45) is 11.7 Å². The molecule has 2 aliphatic rings. The largest absolute Gasteiger partial charge is 0.351 e. The van der Waals surface area contributed by atoms with E-state index in [-0.39, 0.29) is 11.8 Å². The third kappa shape index (κ3) is 4.13. The zero-order chi connectivity index (χ0) is 20.4. The maximum atomic E-state index is 13.3. The van der Waals surface area contributed by atoms with Crippen LogP contribution in [0.25, 0.3) is 10.1 Å². The summed E-state index contributed by atoms with van der Waals surface area (Å²) in [5, 5.41) is 3.98. The summed E-state index contributed by atoms with van der Waals surface area (Å²) in [7, 11) is 0. The van der Waals surface area contributed by atoms with Crippen molar-refractivity contribution in [3.63, 3.8) is 0 Å². The molecule has 8 heteroatoms. The lowest BCUT2D eigenvalue weighted by molar-refractivity contribution is -0.113. The first kappa shape index (κ1) is 19.8. The Labute approximate surface area is 173 Å². The Balaban J connectivity index is 1.48. The minimum absolute atomic E-state index is 0.0611. The number of benzene rings is 1. The lowest BCUT2D eigenvalue weighted by atomic mass is 9.94. The number of fused-ring (bicyclic) bond motifs is 1. The Bertz CT molecular complexity index is 920. The first-order chi connectivity index (χ1) is 14.1. The molecule has 29 heavy (non-hydrogen) atoms. The van der Waals surface area contributed by atoms with Crippen LogP contribution in [0.2, 0.25) is 0 Å². The molecule has 0 saturated carbocycles. The summed E-state index contributed by atoms with van der Waals surface area (Å²) in [5.74, 6) is 0.0806. The van der Waals surface area contributed by atoms with Crippen LogP contribution in [0.15, 0.2) is 24.3 Å². The molecule has 3 heterocycles. The van der Waals surface area contributed by atoms with E-state index in [4.69, 9.17) is 5.73 Å². The van der Waals surface area contributed by atoms with Crippen LogP contribution in [0.1, 0.15) is 36.0 Å². The Morgan fingerprint density at radius 3 is 2.62 bits per heavy atom. The monoisotopic (exact) mass is 414 g/mol. The molecule has 154 valence electrons. The summed E-state index contributed by atoms with van der Waals surface area (Å²) in [6, 6.07) is 7.41. The molecule has 1 aromatic carbocycles. The molecule has 2 fully saturated rings. The van der Waals surface area contributed by atoms with Crippen LogP contribution >= 0.6 is 11.3 Å². The van der Waals surface area contributed by atoms with Gasteiger partial charge in [0.25, 0.3) is 5.91 Å². The summed E-state index contributed by atoms with van der Waals surface area (Å²) >= 11 is 1.37. The molecule has 0 spiro atoms. The van der Waals surface area contributed by atoms with E-state index in [1.807, 2.05) is 29.2 Å². The van der Waals surface area contributed by atoms with Crippen molar-refractivity contribution >= 4 is 44.6 Å². The van der Waals surface area contributed by atoms with Crippen molar-refractivity contribution in [3.8, 4) is 0 Å². The van der Waals surface area contributed by atoms with E-state index >= 15 is 0 Å².